The average molecular weight is 388 g/mol. The van der Waals surface area contributed by atoms with Crippen LogP contribution < -0.4 is 0 Å². The second-order valence-corrected chi connectivity index (χ2v) is 8.81. The molecule has 4 rings (SSSR count). The van der Waals surface area contributed by atoms with Crippen LogP contribution in [0.3, 0.4) is 0 Å². The molecule has 7 heteroatoms. The number of aromatic nitrogens is 2. The van der Waals surface area contributed by atoms with Crippen molar-refractivity contribution in [2.45, 2.75) is 51.1 Å². The molecule has 1 saturated carbocycles. The van der Waals surface area contributed by atoms with Crippen LogP contribution in [0.25, 0.3) is 0 Å². The van der Waals surface area contributed by atoms with Gasteiger partial charge in [0.25, 0.3) is 0 Å². The van der Waals surface area contributed by atoms with Crippen molar-refractivity contribution in [1.29, 1.82) is 0 Å². The van der Waals surface area contributed by atoms with Gasteiger partial charge in [0.15, 0.2) is 0 Å². The Balaban J connectivity index is 1.28. The summed E-state index contributed by atoms with van der Waals surface area (Å²) in [4.78, 5) is 36.0. The molecule has 28 heavy (non-hydrogen) atoms. The summed E-state index contributed by atoms with van der Waals surface area (Å²) in [6, 6.07) is 0.513. The van der Waals surface area contributed by atoms with Gasteiger partial charge in [0.2, 0.25) is 11.8 Å². The molecule has 0 radical (unpaired) electrons. The van der Waals surface area contributed by atoms with Crippen LogP contribution in [0.1, 0.15) is 44.3 Å². The molecule has 0 unspecified atom stereocenters. The van der Waals surface area contributed by atoms with Gasteiger partial charge in [0.1, 0.15) is 5.82 Å². The van der Waals surface area contributed by atoms with Crippen molar-refractivity contribution < 1.29 is 9.59 Å². The van der Waals surface area contributed by atoms with E-state index >= 15 is 0 Å². The maximum absolute atomic E-state index is 13.0. The number of aryl methyl sites for hydroxylation is 1. The van der Waals surface area contributed by atoms with Crippen molar-refractivity contribution in [3.05, 3.63) is 18.2 Å². The van der Waals surface area contributed by atoms with Gasteiger partial charge in [-0.25, -0.2) is 4.98 Å². The quantitative estimate of drug-likeness (QED) is 0.768. The maximum atomic E-state index is 13.0. The van der Waals surface area contributed by atoms with Crippen molar-refractivity contribution >= 4 is 11.8 Å². The van der Waals surface area contributed by atoms with Crippen LogP contribution in [-0.2, 0) is 23.2 Å². The van der Waals surface area contributed by atoms with Gasteiger partial charge in [-0.15, -0.1) is 0 Å². The summed E-state index contributed by atoms with van der Waals surface area (Å²) in [5.41, 5.74) is 0. The van der Waals surface area contributed by atoms with Gasteiger partial charge in [0, 0.05) is 58.1 Å². The van der Waals surface area contributed by atoms with Crippen molar-refractivity contribution in [1.82, 2.24) is 24.3 Å². The number of amides is 2. The zero-order valence-corrected chi connectivity index (χ0v) is 17.2. The van der Waals surface area contributed by atoms with Crippen LogP contribution in [0.4, 0.5) is 0 Å². The minimum Gasteiger partial charge on any atom is -0.342 e. The van der Waals surface area contributed by atoms with Crippen molar-refractivity contribution in [2.24, 2.45) is 18.9 Å². The van der Waals surface area contributed by atoms with Crippen LogP contribution in [0, 0.1) is 11.8 Å². The maximum Gasteiger partial charge on any atom is 0.227 e. The molecule has 1 atom stereocenters. The third-order valence-electron chi connectivity index (χ3n) is 6.70. The molecular weight excluding hydrogens is 354 g/mol. The molecule has 3 heterocycles. The van der Waals surface area contributed by atoms with Crippen LogP contribution in [-0.4, -0.2) is 75.3 Å². The van der Waals surface area contributed by atoms with E-state index in [1.807, 2.05) is 29.8 Å². The van der Waals surface area contributed by atoms with Crippen LogP contribution in [0.15, 0.2) is 12.4 Å². The lowest BCUT2D eigenvalue weighted by Gasteiger charge is -2.42. The Hall–Kier alpha value is -1.89. The highest BCUT2D eigenvalue weighted by molar-refractivity contribution is 5.81. The molecule has 2 saturated heterocycles. The normalized spacial score (nSPS) is 24.4. The lowest BCUT2D eigenvalue weighted by Crippen LogP contribution is -2.51. The highest BCUT2D eigenvalue weighted by Crippen LogP contribution is 2.32. The van der Waals surface area contributed by atoms with Gasteiger partial charge in [0.05, 0.1) is 12.5 Å². The van der Waals surface area contributed by atoms with E-state index in [4.69, 9.17) is 0 Å². The minimum absolute atomic E-state index is 0.0742. The van der Waals surface area contributed by atoms with Gasteiger partial charge in [-0.1, -0.05) is 0 Å². The van der Waals surface area contributed by atoms with E-state index in [0.29, 0.717) is 24.4 Å². The number of hydrogen-bond donors (Lipinski definition) is 0. The molecule has 0 bridgehead atoms. The fraction of sp³-hybridized carbons (Fsp3) is 0.762. The first-order valence-corrected chi connectivity index (χ1v) is 10.8. The topological polar surface area (TPSA) is 61.7 Å². The number of nitrogens with zero attached hydrogens (tertiary/aromatic N) is 5. The van der Waals surface area contributed by atoms with Gasteiger partial charge >= 0.3 is 0 Å². The number of hydrogen-bond acceptors (Lipinski definition) is 4. The lowest BCUT2D eigenvalue weighted by atomic mass is 9.93. The van der Waals surface area contributed by atoms with Gasteiger partial charge in [-0.05, 0) is 45.1 Å². The summed E-state index contributed by atoms with van der Waals surface area (Å²) < 4.78 is 1.97. The van der Waals surface area contributed by atoms with Crippen LogP contribution in [0.2, 0.25) is 0 Å². The number of carbonyl (C=O) groups excluding carboxylic acids is 2. The number of imidazole rings is 1. The second kappa shape index (κ2) is 8.23. The molecule has 0 spiro atoms. The summed E-state index contributed by atoms with van der Waals surface area (Å²) in [5.74, 6) is 1.92. The van der Waals surface area contributed by atoms with Gasteiger partial charge < -0.3 is 14.4 Å². The molecule has 1 aliphatic carbocycles. The first-order chi connectivity index (χ1) is 13.5. The Labute approximate surface area is 167 Å². The number of piperidine rings is 2. The number of carbonyl (C=O) groups is 2. The first kappa shape index (κ1) is 19.4. The molecule has 0 aromatic carbocycles. The van der Waals surface area contributed by atoms with Crippen molar-refractivity contribution in [3.8, 4) is 0 Å². The number of likely N-dealkylation sites (tertiary alicyclic amines) is 2. The molecule has 1 aromatic rings. The van der Waals surface area contributed by atoms with Crippen LogP contribution in [0.5, 0.6) is 0 Å². The Morgan fingerprint density at radius 2 is 1.86 bits per heavy atom. The zero-order valence-electron chi connectivity index (χ0n) is 17.2. The summed E-state index contributed by atoms with van der Waals surface area (Å²) >= 11 is 0. The Bertz CT molecular complexity index is 705. The molecule has 0 N–H and O–H groups in total. The first-order valence-electron chi connectivity index (χ1n) is 10.8. The van der Waals surface area contributed by atoms with E-state index in [2.05, 4.69) is 14.8 Å². The molecular formula is C21H33N5O2. The van der Waals surface area contributed by atoms with E-state index < -0.39 is 0 Å². The number of rotatable bonds is 5. The zero-order chi connectivity index (χ0) is 19.7. The third kappa shape index (κ3) is 4.24. The summed E-state index contributed by atoms with van der Waals surface area (Å²) in [7, 11) is 3.85. The Kier molecular flexibility index (Phi) is 5.71. The third-order valence-corrected chi connectivity index (χ3v) is 6.70. The fourth-order valence-corrected chi connectivity index (χ4v) is 4.73. The van der Waals surface area contributed by atoms with Gasteiger partial charge in [-0.2, -0.15) is 0 Å². The summed E-state index contributed by atoms with van der Waals surface area (Å²) in [6.07, 6.45) is 9.99. The van der Waals surface area contributed by atoms with Crippen molar-refractivity contribution in [2.75, 3.05) is 33.2 Å². The van der Waals surface area contributed by atoms with E-state index in [-0.39, 0.29) is 11.8 Å². The van der Waals surface area contributed by atoms with Crippen molar-refractivity contribution in [3.63, 3.8) is 0 Å². The molecule has 3 aliphatic rings. The molecule has 3 fully saturated rings. The van der Waals surface area contributed by atoms with Crippen LogP contribution >= 0.6 is 0 Å². The molecule has 2 amide bonds. The summed E-state index contributed by atoms with van der Waals surface area (Å²) in [5, 5.41) is 0. The van der Waals surface area contributed by atoms with E-state index in [0.717, 1.165) is 70.5 Å². The predicted octanol–water partition coefficient (Wildman–Crippen LogP) is 1.49. The highest BCUT2D eigenvalue weighted by Gasteiger charge is 2.37. The van der Waals surface area contributed by atoms with E-state index in [9.17, 15) is 9.59 Å². The van der Waals surface area contributed by atoms with Gasteiger partial charge in [-0.3, -0.25) is 14.5 Å². The largest absolute Gasteiger partial charge is 0.342 e. The molecule has 1 aromatic heterocycles. The highest BCUT2D eigenvalue weighted by atomic mass is 16.2. The molecule has 154 valence electrons. The summed E-state index contributed by atoms with van der Waals surface area (Å²) in [6.45, 7) is 4.25. The predicted molar refractivity (Wildman–Crippen MR) is 106 cm³/mol. The van der Waals surface area contributed by atoms with E-state index in [1.54, 1.807) is 6.20 Å². The fourth-order valence-electron chi connectivity index (χ4n) is 4.73. The van der Waals surface area contributed by atoms with E-state index in [1.165, 1.54) is 0 Å². The minimum atomic E-state index is 0.0742. The molecule has 7 nitrogen and oxygen atoms in total. The smallest absolute Gasteiger partial charge is 0.227 e. The SMILES string of the molecule is CN(Cc1nccn1C)C(=O)[C@H]1CCCN(C2CCN(C(=O)C3CC3)CC2)C1. The standard InChI is InChI=1S/C21H33N5O2/c1-23-13-9-22-19(23)15-24(2)20(27)17-4-3-10-26(14-17)18-7-11-25(12-8-18)21(28)16-5-6-16/h9,13,16-18H,3-8,10-12,14-15H2,1-2H3/t17-/m0/s1. The monoisotopic (exact) mass is 387 g/mol. The Morgan fingerprint density at radius 1 is 1.11 bits per heavy atom. The second-order valence-electron chi connectivity index (χ2n) is 8.81. The lowest BCUT2D eigenvalue weighted by molar-refractivity contribution is -0.137. The molecule has 2 aliphatic heterocycles. The Morgan fingerprint density at radius 3 is 2.50 bits per heavy atom. The average Bonchev–Trinajstić information content (AvgIpc) is 3.50.